The Morgan fingerprint density at radius 3 is 2.89 bits per heavy atom. The highest BCUT2D eigenvalue weighted by Gasteiger charge is 2.17. The van der Waals surface area contributed by atoms with Crippen molar-refractivity contribution < 1.29 is 14.6 Å². The van der Waals surface area contributed by atoms with Crippen LogP contribution >= 0.6 is 27.5 Å². The summed E-state index contributed by atoms with van der Waals surface area (Å²) in [6.07, 6.45) is 0. The maximum absolute atomic E-state index is 11.2. The van der Waals surface area contributed by atoms with E-state index < -0.39 is 5.97 Å². The molecule has 0 amide bonds. The number of aromatic carboxylic acids is 1. The predicted molar refractivity (Wildman–Crippen MR) is 77.8 cm³/mol. The summed E-state index contributed by atoms with van der Waals surface area (Å²) >= 11 is 4.48. The van der Waals surface area contributed by atoms with E-state index in [9.17, 15) is 4.79 Å². The summed E-state index contributed by atoms with van der Waals surface area (Å²) in [5.74, 6) is -0.319. The number of benzene rings is 1. The molecule has 0 saturated carbocycles. The molecule has 7 heteroatoms. The van der Waals surface area contributed by atoms with Gasteiger partial charge in [0.05, 0.1) is 17.3 Å². The van der Waals surface area contributed by atoms with Crippen molar-refractivity contribution in [1.82, 2.24) is 4.37 Å². The van der Waals surface area contributed by atoms with E-state index in [0.717, 1.165) is 21.7 Å². The van der Waals surface area contributed by atoms with Gasteiger partial charge < -0.3 is 15.2 Å². The lowest BCUT2D eigenvalue weighted by molar-refractivity contribution is 0.0697. The van der Waals surface area contributed by atoms with Gasteiger partial charge in [-0.05, 0) is 46.5 Å². The number of methoxy groups -OCH3 is 1. The van der Waals surface area contributed by atoms with E-state index in [4.69, 9.17) is 9.84 Å². The first-order valence-electron chi connectivity index (χ1n) is 5.33. The third kappa shape index (κ3) is 2.87. The van der Waals surface area contributed by atoms with Crippen LogP contribution in [-0.4, -0.2) is 22.6 Å². The summed E-state index contributed by atoms with van der Waals surface area (Å²) in [5.41, 5.74) is 1.45. The molecule has 5 nitrogen and oxygen atoms in total. The molecule has 1 aromatic carbocycles. The highest BCUT2D eigenvalue weighted by molar-refractivity contribution is 9.10. The van der Waals surface area contributed by atoms with Crippen LogP contribution < -0.4 is 10.1 Å². The van der Waals surface area contributed by atoms with Crippen LogP contribution in [0, 0.1) is 6.92 Å². The number of aromatic nitrogens is 1. The van der Waals surface area contributed by atoms with Gasteiger partial charge >= 0.3 is 5.97 Å². The van der Waals surface area contributed by atoms with E-state index in [0.29, 0.717) is 16.4 Å². The number of hydrogen-bond acceptors (Lipinski definition) is 5. The van der Waals surface area contributed by atoms with Gasteiger partial charge in [-0.15, -0.1) is 0 Å². The highest BCUT2D eigenvalue weighted by Crippen LogP contribution is 2.32. The molecule has 2 aromatic rings. The van der Waals surface area contributed by atoms with Crippen LogP contribution in [0.5, 0.6) is 5.75 Å². The lowest BCUT2D eigenvalue weighted by Crippen LogP contribution is -2.01. The molecule has 0 bridgehead atoms. The fourth-order valence-electron chi connectivity index (χ4n) is 1.58. The molecule has 100 valence electrons. The quantitative estimate of drug-likeness (QED) is 0.886. The topological polar surface area (TPSA) is 71.5 Å². The van der Waals surface area contributed by atoms with E-state index in [2.05, 4.69) is 25.6 Å². The maximum Gasteiger partial charge on any atom is 0.340 e. The van der Waals surface area contributed by atoms with E-state index >= 15 is 0 Å². The first kappa shape index (κ1) is 13.8. The monoisotopic (exact) mass is 342 g/mol. The molecule has 0 saturated heterocycles. The number of carboxylic acid groups (broad SMARTS) is 1. The van der Waals surface area contributed by atoms with Crippen molar-refractivity contribution in [3.63, 3.8) is 0 Å². The second-order valence-corrected chi connectivity index (χ2v) is 5.38. The van der Waals surface area contributed by atoms with Crippen molar-refractivity contribution in [2.75, 3.05) is 12.4 Å². The van der Waals surface area contributed by atoms with E-state index in [1.807, 2.05) is 12.1 Å². The molecule has 1 heterocycles. The van der Waals surface area contributed by atoms with Crippen molar-refractivity contribution in [1.29, 1.82) is 0 Å². The summed E-state index contributed by atoms with van der Waals surface area (Å²) in [7, 11) is 1.57. The average molecular weight is 343 g/mol. The Hall–Kier alpha value is -1.60. The smallest absolute Gasteiger partial charge is 0.340 e. The first-order chi connectivity index (χ1) is 9.02. The zero-order valence-corrected chi connectivity index (χ0v) is 12.6. The number of carbonyl (C=O) groups is 1. The van der Waals surface area contributed by atoms with Crippen LogP contribution in [0.1, 0.15) is 16.1 Å². The number of hydrogen-bond donors (Lipinski definition) is 2. The Morgan fingerprint density at radius 1 is 1.53 bits per heavy atom. The van der Waals surface area contributed by atoms with Crippen molar-refractivity contribution >= 4 is 44.1 Å². The Bertz CT molecular complexity index is 627. The van der Waals surface area contributed by atoms with Crippen molar-refractivity contribution in [2.45, 2.75) is 6.92 Å². The van der Waals surface area contributed by atoms with Gasteiger partial charge in [0.2, 0.25) is 0 Å². The maximum atomic E-state index is 11.2. The van der Waals surface area contributed by atoms with Gasteiger partial charge in [0.15, 0.2) is 0 Å². The zero-order chi connectivity index (χ0) is 14.0. The summed E-state index contributed by atoms with van der Waals surface area (Å²) in [4.78, 5) is 11.2. The van der Waals surface area contributed by atoms with E-state index in [1.165, 1.54) is 0 Å². The molecule has 0 fully saturated rings. The van der Waals surface area contributed by atoms with Gasteiger partial charge in [-0.2, -0.15) is 4.37 Å². The number of carboxylic acids is 1. The molecule has 1 aromatic heterocycles. The Balaban J connectivity index is 2.34. The molecule has 0 aliphatic rings. The summed E-state index contributed by atoms with van der Waals surface area (Å²) in [6.45, 7) is 1.67. The van der Waals surface area contributed by atoms with Gasteiger partial charge in [0, 0.05) is 11.8 Å². The summed E-state index contributed by atoms with van der Waals surface area (Å²) < 4.78 is 10.1. The average Bonchev–Trinajstić information content (AvgIpc) is 2.73. The molecule has 0 unspecified atom stereocenters. The number of nitrogens with one attached hydrogen (secondary N) is 1. The molecule has 19 heavy (non-hydrogen) atoms. The largest absolute Gasteiger partial charge is 0.495 e. The van der Waals surface area contributed by atoms with Gasteiger partial charge in [-0.25, -0.2) is 4.79 Å². The van der Waals surface area contributed by atoms with Crippen molar-refractivity contribution in [3.8, 4) is 5.75 Å². The molecule has 2 rings (SSSR count). The summed E-state index contributed by atoms with van der Waals surface area (Å²) in [6, 6.07) is 5.44. The second-order valence-electron chi connectivity index (χ2n) is 3.75. The highest BCUT2D eigenvalue weighted by atomic mass is 79.9. The fraction of sp³-hybridized carbons (Fsp3) is 0.167. The lowest BCUT2D eigenvalue weighted by atomic mass is 10.2. The molecule has 0 aliphatic carbocycles. The number of nitrogens with zero attached hydrogens (tertiary/aromatic N) is 1. The van der Waals surface area contributed by atoms with Crippen LogP contribution in [0.3, 0.4) is 0 Å². The predicted octanol–water partition coefficient (Wildman–Crippen LogP) is 3.66. The standard InChI is InChI=1S/C12H11BrN2O3S/c1-6-10(12(16)17)11(19-15-6)14-7-3-4-8(13)9(5-7)18-2/h3-5,14H,1-2H3,(H,16,17). The van der Waals surface area contributed by atoms with Crippen molar-refractivity contribution in [3.05, 3.63) is 33.9 Å². The van der Waals surface area contributed by atoms with Crippen molar-refractivity contribution in [2.24, 2.45) is 0 Å². The van der Waals surface area contributed by atoms with Crippen LogP contribution in [0.25, 0.3) is 0 Å². The number of anilines is 2. The van der Waals surface area contributed by atoms with Gasteiger partial charge in [0.1, 0.15) is 16.3 Å². The van der Waals surface area contributed by atoms with E-state index in [1.54, 1.807) is 20.1 Å². The van der Waals surface area contributed by atoms with Gasteiger partial charge in [-0.1, -0.05) is 0 Å². The minimum absolute atomic E-state index is 0.201. The lowest BCUT2D eigenvalue weighted by Gasteiger charge is -2.08. The Labute approximate surface area is 122 Å². The SMILES string of the molecule is COc1cc(Nc2snc(C)c2C(=O)O)ccc1Br. The summed E-state index contributed by atoms with van der Waals surface area (Å²) in [5, 5.41) is 12.7. The van der Waals surface area contributed by atoms with Gasteiger partial charge in [-0.3, -0.25) is 0 Å². The molecule has 2 N–H and O–H groups in total. The molecular weight excluding hydrogens is 332 g/mol. The molecule has 0 atom stereocenters. The molecule has 0 radical (unpaired) electrons. The minimum atomic E-state index is -0.988. The molecule has 0 spiro atoms. The second kappa shape index (κ2) is 5.58. The Morgan fingerprint density at radius 2 is 2.26 bits per heavy atom. The van der Waals surface area contributed by atoms with Crippen LogP contribution in [0.2, 0.25) is 0 Å². The number of rotatable bonds is 4. The number of aryl methyl sites for hydroxylation is 1. The van der Waals surface area contributed by atoms with Crippen LogP contribution in [-0.2, 0) is 0 Å². The third-order valence-electron chi connectivity index (χ3n) is 2.49. The third-order valence-corrected chi connectivity index (χ3v) is 3.99. The van der Waals surface area contributed by atoms with Gasteiger partial charge in [0.25, 0.3) is 0 Å². The number of ether oxygens (including phenoxy) is 1. The normalized spacial score (nSPS) is 10.3. The fourth-order valence-corrected chi connectivity index (χ4v) is 2.79. The Kier molecular flexibility index (Phi) is 4.06. The zero-order valence-electron chi connectivity index (χ0n) is 10.2. The minimum Gasteiger partial charge on any atom is -0.495 e. The molecular formula is C12H11BrN2O3S. The number of halogens is 1. The first-order valence-corrected chi connectivity index (χ1v) is 6.89. The molecule has 0 aliphatic heterocycles. The van der Waals surface area contributed by atoms with E-state index in [-0.39, 0.29) is 5.56 Å². The van der Waals surface area contributed by atoms with Crippen LogP contribution in [0.4, 0.5) is 10.7 Å². The van der Waals surface area contributed by atoms with Crippen LogP contribution in [0.15, 0.2) is 22.7 Å².